The number of nitriles is 1. The number of carbonyl (C=O) groups excluding carboxylic acids is 2. The van der Waals surface area contributed by atoms with Crippen molar-refractivity contribution < 1.29 is 14.3 Å². The Balaban J connectivity index is 2.54. The zero-order valence-corrected chi connectivity index (χ0v) is 14.1. The van der Waals surface area contributed by atoms with E-state index in [0.29, 0.717) is 17.5 Å². The second-order valence-corrected chi connectivity index (χ2v) is 5.52. The van der Waals surface area contributed by atoms with E-state index in [0.717, 1.165) is 32.1 Å². The van der Waals surface area contributed by atoms with Crippen LogP contribution in [0, 0.1) is 11.3 Å². The van der Waals surface area contributed by atoms with Crippen molar-refractivity contribution in [1.82, 2.24) is 5.32 Å². The van der Waals surface area contributed by atoms with E-state index in [1.54, 1.807) is 24.3 Å². The molecular weight excluding hydrogens is 304 g/mol. The van der Waals surface area contributed by atoms with Crippen molar-refractivity contribution in [1.29, 1.82) is 5.26 Å². The Morgan fingerprint density at radius 3 is 2.50 bits per heavy atom. The third kappa shape index (κ3) is 6.66. The second-order valence-electron chi connectivity index (χ2n) is 5.52. The summed E-state index contributed by atoms with van der Waals surface area (Å²) < 4.78 is 4.77. The fourth-order valence-electron chi connectivity index (χ4n) is 2.32. The second kappa shape index (κ2) is 11.0. The van der Waals surface area contributed by atoms with Crippen LogP contribution in [0.5, 0.6) is 0 Å². The van der Waals surface area contributed by atoms with Gasteiger partial charge in [-0.25, -0.2) is 4.79 Å². The molecule has 0 aromatic heterocycles. The number of hydrogen-bond donors (Lipinski definition) is 1. The van der Waals surface area contributed by atoms with Crippen LogP contribution in [-0.2, 0) is 9.53 Å². The standard InChI is InChI=1S/C19H24N2O3/c1-3-4-5-6-7-8-9-17(19(23)24-2)21-18(22)16-12-10-15(14-20)11-13-16/h3,10-13,17H,1,4-9H2,2H3,(H,21,22)/t17-/m0/s1. The summed E-state index contributed by atoms with van der Waals surface area (Å²) >= 11 is 0. The van der Waals surface area contributed by atoms with Crippen LogP contribution in [0.1, 0.15) is 54.4 Å². The third-order valence-corrected chi connectivity index (χ3v) is 3.72. The van der Waals surface area contributed by atoms with E-state index in [1.807, 2.05) is 12.1 Å². The van der Waals surface area contributed by atoms with Crippen molar-refractivity contribution >= 4 is 11.9 Å². The minimum absolute atomic E-state index is 0.346. The minimum atomic E-state index is -0.655. The molecular formula is C19H24N2O3. The SMILES string of the molecule is C=CCCCCCC[C@H](NC(=O)c1ccc(C#N)cc1)C(=O)OC. The predicted octanol–water partition coefficient (Wildman–Crippen LogP) is 3.36. The Bertz CT molecular complexity index is 588. The minimum Gasteiger partial charge on any atom is -0.467 e. The van der Waals surface area contributed by atoms with Crippen LogP contribution in [0.15, 0.2) is 36.9 Å². The monoisotopic (exact) mass is 328 g/mol. The van der Waals surface area contributed by atoms with E-state index in [4.69, 9.17) is 10.00 Å². The van der Waals surface area contributed by atoms with Gasteiger partial charge in [-0.15, -0.1) is 6.58 Å². The van der Waals surface area contributed by atoms with Gasteiger partial charge in [-0.1, -0.05) is 25.3 Å². The number of rotatable bonds is 10. The molecule has 1 atom stereocenters. The zero-order valence-electron chi connectivity index (χ0n) is 14.1. The van der Waals surface area contributed by atoms with Crippen molar-refractivity contribution in [3.8, 4) is 6.07 Å². The fraction of sp³-hybridized carbons (Fsp3) is 0.421. The number of unbranched alkanes of at least 4 members (excludes halogenated alkanes) is 4. The summed E-state index contributed by atoms with van der Waals surface area (Å²) in [4.78, 5) is 24.1. The molecule has 0 aliphatic carbocycles. The van der Waals surface area contributed by atoms with Gasteiger partial charge in [0.15, 0.2) is 0 Å². The lowest BCUT2D eigenvalue weighted by molar-refractivity contribution is -0.143. The van der Waals surface area contributed by atoms with Crippen LogP contribution in [0.4, 0.5) is 0 Å². The number of benzene rings is 1. The highest BCUT2D eigenvalue weighted by molar-refractivity contribution is 5.96. The van der Waals surface area contributed by atoms with E-state index in [-0.39, 0.29) is 5.91 Å². The zero-order chi connectivity index (χ0) is 17.8. The maximum Gasteiger partial charge on any atom is 0.328 e. The van der Waals surface area contributed by atoms with Gasteiger partial charge in [0.05, 0.1) is 18.7 Å². The molecule has 0 saturated carbocycles. The highest BCUT2D eigenvalue weighted by atomic mass is 16.5. The molecule has 5 nitrogen and oxygen atoms in total. The Morgan fingerprint density at radius 2 is 1.92 bits per heavy atom. The highest BCUT2D eigenvalue weighted by Gasteiger charge is 2.21. The first-order valence-corrected chi connectivity index (χ1v) is 8.12. The average molecular weight is 328 g/mol. The first kappa shape index (κ1) is 19.4. The average Bonchev–Trinajstić information content (AvgIpc) is 2.62. The van der Waals surface area contributed by atoms with Gasteiger partial charge in [-0.3, -0.25) is 4.79 Å². The highest BCUT2D eigenvalue weighted by Crippen LogP contribution is 2.10. The van der Waals surface area contributed by atoms with Crippen LogP contribution in [0.25, 0.3) is 0 Å². The summed E-state index contributed by atoms with van der Waals surface area (Å²) in [6, 6.07) is 7.62. The van der Waals surface area contributed by atoms with Gasteiger partial charge in [-0.05, 0) is 43.5 Å². The van der Waals surface area contributed by atoms with Crippen LogP contribution in [-0.4, -0.2) is 25.0 Å². The summed E-state index contributed by atoms with van der Waals surface area (Å²) in [5.74, 6) is -0.787. The summed E-state index contributed by atoms with van der Waals surface area (Å²) in [6.45, 7) is 3.69. The van der Waals surface area contributed by atoms with Gasteiger partial charge in [0.1, 0.15) is 6.04 Å². The lowest BCUT2D eigenvalue weighted by Gasteiger charge is -2.16. The van der Waals surface area contributed by atoms with Crippen molar-refractivity contribution in [2.75, 3.05) is 7.11 Å². The molecule has 1 amide bonds. The molecule has 24 heavy (non-hydrogen) atoms. The first-order valence-electron chi connectivity index (χ1n) is 8.12. The lowest BCUT2D eigenvalue weighted by Crippen LogP contribution is -2.41. The molecule has 0 fully saturated rings. The number of hydrogen-bond acceptors (Lipinski definition) is 4. The van der Waals surface area contributed by atoms with E-state index < -0.39 is 12.0 Å². The van der Waals surface area contributed by atoms with Crippen LogP contribution < -0.4 is 5.32 Å². The molecule has 1 aromatic carbocycles. The van der Waals surface area contributed by atoms with Gasteiger partial charge in [0.2, 0.25) is 0 Å². The Morgan fingerprint density at radius 1 is 1.25 bits per heavy atom. The number of amides is 1. The lowest BCUT2D eigenvalue weighted by atomic mass is 10.1. The largest absolute Gasteiger partial charge is 0.467 e. The smallest absolute Gasteiger partial charge is 0.328 e. The van der Waals surface area contributed by atoms with E-state index >= 15 is 0 Å². The number of allylic oxidation sites excluding steroid dienone is 1. The number of esters is 1. The molecule has 1 rings (SSSR count). The van der Waals surface area contributed by atoms with Gasteiger partial charge >= 0.3 is 5.97 Å². The maximum absolute atomic E-state index is 12.2. The Labute approximate surface area is 143 Å². The molecule has 0 spiro atoms. The topological polar surface area (TPSA) is 79.2 Å². The molecule has 0 aliphatic rings. The number of ether oxygens (including phenoxy) is 1. The molecule has 5 heteroatoms. The first-order chi connectivity index (χ1) is 11.6. The molecule has 0 unspecified atom stereocenters. The quantitative estimate of drug-likeness (QED) is 0.406. The Kier molecular flexibility index (Phi) is 8.91. The molecule has 0 aliphatic heterocycles. The number of nitrogens with one attached hydrogen (secondary N) is 1. The summed E-state index contributed by atoms with van der Waals surface area (Å²) in [7, 11) is 1.31. The molecule has 0 bridgehead atoms. The van der Waals surface area contributed by atoms with E-state index in [1.165, 1.54) is 7.11 Å². The van der Waals surface area contributed by atoms with Crippen molar-refractivity contribution in [3.63, 3.8) is 0 Å². The number of nitrogens with zero attached hydrogens (tertiary/aromatic N) is 1. The van der Waals surface area contributed by atoms with Gasteiger partial charge < -0.3 is 10.1 Å². The Hall–Kier alpha value is -2.61. The maximum atomic E-state index is 12.2. The molecule has 0 heterocycles. The third-order valence-electron chi connectivity index (χ3n) is 3.72. The van der Waals surface area contributed by atoms with E-state index in [2.05, 4.69) is 11.9 Å². The van der Waals surface area contributed by atoms with Gasteiger partial charge in [0, 0.05) is 5.56 Å². The van der Waals surface area contributed by atoms with Crippen molar-refractivity contribution in [3.05, 3.63) is 48.0 Å². The fourth-order valence-corrected chi connectivity index (χ4v) is 2.32. The number of methoxy groups -OCH3 is 1. The summed E-state index contributed by atoms with van der Waals surface area (Å²) in [5.41, 5.74) is 0.893. The molecule has 0 saturated heterocycles. The molecule has 0 radical (unpaired) electrons. The molecule has 128 valence electrons. The van der Waals surface area contributed by atoms with Crippen LogP contribution in [0.2, 0.25) is 0 Å². The normalized spacial score (nSPS) is 11.2. The van der Waals surface area contributed by atoms with Crippen LogP contribution >= 0.6 is 0 Å². The summed E-state index contributed by atoms with van der Waals surface area (Å²) in [5, 5.41) is 11.5. The van der Waals surface area contributed by atoms with Gasteiger partial charge in [0.25, 0.3) is 5.91 Å². The molecule has 1 N–H and O–H groups in total. The molecule has 1 aromatic rings. The number of carbonyl (C=O) groups is 2. The summed E-state index contributed by atoms with van der Waals surface area (Å²) in [6.07, 6.45) is 7.43. The predicted molar refractivity (Wildman–Crippen MR) is 92.3 cm³/mol. The van der Waals surface area contributed by atoms with E-state index in [9.17, 15) is 9.59 Å². The van der Waals surface area contributed by atoms with Crippen LogP contribution in [0.3, 0.4) is 0 Å². The van der Waals surface area contributed by atoms with Gasteiger partial charge in [-0.2, -0.15) is 5.26 Å². The van der Waals surface area contributed by atoms with Crippen molar-refractivity contribution in [2.24, 2.45) is 0 Å². The van der Waals surface area contributed by atoms with Crippen molar-refractivity contribution in [2.45, 2.75) is 44.6 Å².